The molecule has 4 nitrogen and oxygen atoms in total. The van der Waals surface area contributed by atoms with E-state index in [9.17, 15) is 23.1 Å². The summed E-state index contributed by atoms with van der Waals surface area (Å²) < 4.78 is 38.9. The Morgan fingerprint density at radius 3 is 2.46 bits per heavy atom. The first-order chi connectivity index (χ1) is 12.3. The number of anilines is 1. The van der Waals surface area contributed by atoms with E-state index in [-0.39, 0.29) is 12.2 Å². The van der Waals surface area contributed by atoms with Gasteiger partial charge in [0.25, 0.3) is 0 Å². The fourth-order valence-corrected chi connectivity index (χ4v) is 3.19. The first-order valence-electron chi connectivity index (χ1n) is 8.27. The third-order valence-corrected chi connectivity index (χ3v) is 4.56. The predicted octanol–water partition coefficient (Wildman–Crippen LogP) is 3.75. The predicted molar refractivity (Wildman–Crippen MR) is 91.9 cm³/mol. The fourth-order valence-electron chi connectivity index (χ4n) is 3.19. The molecular formula is C19H19F3N2O2. The number of urea groups is 1. The summed E-state index contributed by atoms with van der Waals surface area (Å²) in [5.41, 5.74) is -0.166. The van der Waals surface area contributed by atoms with E-state index in [1.807, 2.05) is 24.3 Å². The molecule has 3 rings (SSSR count). The molecule has 0 fully saturated rings. The number of hydrogen-bond donors (Lipinski definition) is 3. The van der Waals surface area contributed by atoms with Gasteiger partial charge in [-0.25, -0.2) is 4.79 Å². The number of para-hydroxylation sites is 1. The molecule has 2 aromatic rings. The molecule has 0 saturated carbocycles. The lowest BCUT2D eigenvalue weighted by atomic mass is 9.80. The Hall–Kier alpha value is -2.54. The number of fused-ring (bicyclic) bond motifs is 1. The van der Waals surface area contributed by atoms with Gasteiger partial charge in [-0.1, -0.05) is 36.4 Å². The van der Waals surface area contributed by atoms with Gasteiger partial charge in [0.15, 0.2) is 0 Å². The molecule has 0 saturated heterocycles. The Morgan fingerprint density at radius 1 is 1.08 bits per heavy atom. The second kappa shape index (κ2) is 6.99. The van der Waals surface area contributed by atoms with Gasteiger partial charge in [-0.2, -0.15) is 13.2 Å². The van der Waals surface area contributed by atoms with E-state index >= 15 is 0 Å². The Bertz CT molecular complexity index is 807. The average Bonchev–Trinajstić information content (AvgIpc) is 2.59. The van der Waals surface area contributed by atoms with Crippen LogP contribution in [0.3, 0.4) is 0 Å². The molecule has 0 unspecified atom stereocenters. The molecule has 0 aliphatic heterocycles. The number of carbonyl (C=O) groups is 1. The third kappa shape index (κ3) is 4.16. The largest absolute Gasteiger partial charge is 0.418 e. The van der Waals surface area contributed by atoms with Crippen LogP contribution in [-0.2, 0) is 19.0 Å². The molecular weight excluding hydrogens is 345 g/mol. The SMILES string of the molecule is O=C(NC[C@@]1(O)CCc2ccccc2C1)Nc1ccccc1C(F)(F)F. The zero-order valence-electron chi connectivity index (χ0n) is 13.9. The Balaban J connectivity index is 1.62. The first-order valence-corrected chi connectivity index (χ1v) is 8.27. The van der Waals surface area contributed by atoms with Gasteiger partial charge in [-0.15, -0.1) is 0 Å². The highest BCUT2D eigenvalue weighted by molar-refractivity contribution is 5.90. The van der Waals surface area contributed by atoms with E-state index in [2.05, 4.69) is 10.6 Å². The van der Waals surface area contributed by atoms with Gasteiger partial charge in [0.05, 0.1) is 16.9 Å². The molecule has 138 valence electrons. The van der Waals surface area contributed by atoms with Crippen molar-refractivity contribution in [3.63, 3.8) is 0 Å². The van der Waals surface area contributed by atoms with Crippen molar-refractivity contribution in [3.05, 3.63) is 65.2 Å². The molecule has 7 heteroatoms. The normalized spacial score (nSPS) is 19.5. The number of alkyl halides is 3. The highest BCUT2D eigenvalue weighted by Gasteiger charge is 2.34. The number of halogens is 3. The van der Waals surface area contributed by atoms with Gasteiger partial charge in [0, 0.05) is 13.0 Å². The smallest absolute Gasteiger partial charge is 0.388 e. The van der Waals surface area contributed by atoms with Gasteiger partial charge < -0.3 is 15.7 Å². The molecule has 0 heterocycles. The average molecular weight is 364 g/mol. The van der Waals surface area contributed by atoms with Crippen molar-refractivity contribution in [3.8, 4) is 0 Å². The lowest BCUT2D eigenvalue weighted by Gasteiger charge is -2.33. The van der Waals surface area contributed by atoms with Crippen LogP contribution in [0.4, 0.5) is 23.7 Å². The molecule has 0 radical (unpaired) electrons. The number of rotatable bonds is 3. The molecule has 0 aromatic heterocycles. The van der Waals surface area contributed by atoms with E-state index < -0.39 is 23.4 Å². The molecule has 0 spiro atoms. The van der Waals surface area contributed by atoms with Gasteiger partial charge >= 0.3 is 12.2 Å². The number of aryl methyl sites for hydroxylation is 1. The van der Waals surface area contributed by atoms with Crippen LogP contribution in [0, 0.1) is 0 Å². The summed E-state index contributed by atoms with van der Waals surface area (Å²) in [7, 11) is 0. The molecule has 2 amide bonds. The number of benzene rings is 2. The highest BCUT2D eigenvalue weighted by Crippen LogP contribution is 2.34. The third-order valence-electron chi connectivity index (χ3n) is 4.56. The summed E-state index contributed by atoms with van der Waals surface area (Å²) in [6, 6.07) is 11.7. The highest BCUT2D eigenvalue weighted by atomic mass is 19.4. The zero-order chi connectivity index (χ0) is 18.8. The van der Waals surface area contributed by atoms with E-state index in [1.54, 1.807) is 0 Å². The lowest BCUT2D eigenvalue weighted by molar-refractivity contribution is -0.136. The maximum atomic E-state index is 13.0. The van der Waals surface area contributed by atoms with Crippen LogP contribution in [0.2, 0.25) is 0 Å². The molecule has 2 aromatic carbocycles. The van der Waals surface area contributed by atoms with Crippen molar-refractivity contribution in [2.45, 2.75) is 31.0 Å². The molecule has 1 aliphatic rings. The van der Waals surface area contributed by atoms with Gasteiger partial charge in [0.2, 0.25) is 0 Å². The van der Waals surface area contributed by atoms with Gasteiger partial charge in [0.1, 0.15) is 0 Å². The van der Waals surface area contributed by atoms with Crippen LogP contribution in [0.5, 0.6) is 0 Å². The van der Waals surface area contributed by atoms with Crippen LogP contribution >= 0.6 is 0 Å². The monoisotopic (exact) mass is 364 g/mol. The summed E-state index contributed by atoms with van der Waals surface area (Å²) in [6.07, 6.45) is -3.01. The number of aliphatic hydroxyl groups is 1. The summed E-state index contributed by atoms with van der Waals surface area (Å²) in [4.78, 5) is 12.0. The summed E-state index contributed by atoms with van der Waals surface area (Å²) in [5, 5.41) is 15.4. The van der Waals surface area contributed by atoms with Crippen LogP contribution in [0.15, 0.2) is 48.5 Å². The number of nitrogens with one attached hydrogen (secondary N) is 2. The topological polar surface area (TPSA) is 61.4 Å². The molecule has 1 aliphatic carbocycles. The summed E-state index contributed by atoms with van der Waals surface area (Å²) >= 11 is 0. The molecule has 3 N–H and O–H groups in total. The van der Waals surface area contributed by atoms with Crippen LogP contribution in [-0.4, -0.2) is 23.3 Å². The fraction of sp³-hybridized carbons (Fsp3) is 0.316. The number of amides is 2. The van der Waals surface area contributed by atoms with Crippen molar-refractivity contribution >= 4 is 11.7 Å². The van der Waals surface area contributed by atoms with Crippen LogP contribution in [0.25, 0.3) is 0 Å². The van der Waals surface area contributed by atoms with E-state index in [0.717, 1.165) is 11.6 Å². The minimum atomic E-state index is -4.56. The van der Waals surface area contributed by atoms with Gasteiger partial charge in [-0.05, 0) is 36.1 Å². The maximum Gasteiger partial charge on any atom is 0.418 e. The van der Waals surface area contributed by atoms with Crippen LogP contribution < -0.4 is 10.6 Å². The van der Waals surface area contributed by atoms with Gasteiger partial charge in [-0.3, -0.25) is 0 Å². The van der Waals surface area contributed by atoms with Crippen molar-refractivity contribution in [1.82, 2.24) is 5.32 Å². The summed E-state index contributed by atoms with van der Waals surface area (Å²) in [5.74, 6) is 0. The Morgan fingerprint density at radius 2 is 1.73 bits per heavy atom. The molecule has 26 heavy (non-hydrogen) atoms. The van der Waals surface area contributed by atoms with Crippen molar-refractivity contribution in [2.75, 3.05) is 11.9 Å². The minimum absolute atomic E-state index is 0.0403. The van der Waals surface area contributed by atoms with Crippen LogP contribution in [0.1, 0.15) is 23.1 Å². The van der Waals surface area contributed by atoms with E-state index in [0.29, 0.717) is 19.3 Å². The maximum absolute atomic E-state index is 13.0. The minimum Gasteiger partial charge on any atom is -0.388 e. The number of carbonyl (C=O) groups excluding carboxylic acids is 1. The second-order valence-electron chi connectivity index (χ2n) is 6.52. The first kappa shape index (κ1) is 18.3. The number of hydrogen-bond acceptors (Lipinski definition) is 2. The molecule has 1 atom stereocenters. The van der Waals surface area contributed by atoms with Crippen molar-refractivity contribution in [2.24, 2.45) is 0 Å². The Labute approximate surface area is 149 Å². The standard InChI is InChI=1S/C19H19F3N2O2/c20-19(21,22)15-7-3-4-8-16(15)24-17(25)23-12-18(26)10-9-13-5-1-2-6-14(13)11-18/h1-8,26H,9-12H2,(H2,23,24,25)/t18-/m1/s1. The quantitative estimate of drug-likeness (QED) is 0.777. The van der Waals surface area contributed by atoms with Crippen molar-refractivity contribution < 1.29 is 23.1 Å². The summed E-state index contributed by atoms with van der Waals surface area (Å²) in [6.45, 7) is -0.0403. The van der Waals surface area contributed by atoms with E-state index in [1.165, 1.54) is 23.8 Å². The lowest BCUT2D eigenvalue weighted by Crippen LogP contribution is -2.47. The zero-order valence-corrected chi connectivity index (χ0v) is 13.9. The van der Waals surface area contributed by atoms with E-state index in [4.69, 9.17) is 0 Å². The van der Waals surface area contributed by atoms with Crippen molar-refractivity contribution in [1.29, 1.82) is 0 Å². The molecule has 0 bridgehead atoms. The Kier molecular flexibility index (Phi) is 4.91. The second-order valence-corrected chi connectivity index (χ2v) is 6.52.